The molecule has 1 aliphatic carbocycles. The molecule has 3 rings (SSSR count). The van der Waals surface area contributed by atoms with Gasteiger partial charge in [-0.25, -0.2) is 9.59 Å². The number of aliphatic carboxylic acids is 1. The van der Waals surface area contributed by atoms with Crippen molar-refractivity contribution in [1.29, 1.82) is 0 Å². The molecule has 0 aromatic heterocycles. The van der Waals surface area contributed by atoms with Crippen LogP contribution in [-0.2, 0) is 19.1 Å². The van der Waals surface area contributed by atoms with Gasteiger partial charge in [0.15, 0.2) is 0 Å². The highest BCUT2D eigenvalue weighted by Crippen LogP contribution is 2.44. The lowest BCUT2D eigenvalue weighted by atomic mass is 9.98. The molecule has 0 bridgehead atoms. The standard InChI is InChI=1S/C23H25NO6/c1-23(2,3)30-20(25)12-19(21(26)27)24-22(28)29-13-18-16-10-6-4-8-14(16)15-9-5-7-11-17(15)18/h4-11,18-19H,12-13H2,1-3H3,(H,24,28)(H,26,27)/i12+1,19+1,20+1,21+1,24+1. The van der Waals surface area contributed by atoms with Crippen molar-refractivity contribution in [1.82, 2.24) is 5.32 Å². The Morgan fingerprint density at radius 2 is 1.53 bits per heavy atom. The van der Waals surface area contributed by atoms with Crippen molar-refractivity contribution in [3.05, 3.63) is 59.7 Å². The average molecular weight is 416 g/mol. The first kappa shape index (κ1) is 21.4. The number of fused-ring (bicyclic) bond motifs is 3. The summed E-state index contributed by atoms with van der Waals surface area (Å²) in [5.74, 6) is -2.19. The predicted octanol–water partition coefficient (Wildman–Crippen LogP) is 3.71. The molecule has 0 aliphatic heterocycles. The van der Waals surface area contributed by atoms with E-state index in [1.54, 1.807) is 20.8 Å². The number of esters is 1. The maximum absolute atomic E-state index is 12.3. The van der Waals surface area contributed by atoms with E-state index in [9.17, 15) is 19.5 Å². The highest BCUT2D eigenvalue weighted by molar-refractivity contribution is 5.85. The molecule has 30 heavy (non-hydrogen) atoms. The third-order valence-corrected chi connectivity index (χ3v) is 4.72. The van der Waals surface area contributed by atoms with E-state index < -0.39 is 36.1 Å². The van der Waals surface area contributed by atoms with Crippen molar-refractivity contribution in [2.45, 2.75) is 44.8 Å². The van der Waals surface area contributed by atoms with Gasteiger partial charge in [0.2, 0.25) is 0 Å². The summed E-state index contributed by atoms with van der Waals surface area (Å²) >= 11 is 0. The second kappa shape index (κ2) is 8.57. The van der Waals surface area contributed by atoms with Crippen LogP contribution in [0.25, 0.3) is 11.1 Å². The monoisotopic (exact) mass is 416 g/mol. The van der Waals surface area contributed by atoms with E-state index in [1.807, 2.05) is 48.5 Å². The van der Waals surface area contributed by atoms with Crippen LogP contribution in [0.2, 0.25) is 0 Å². The Balaban J connectivity index is 1.64. The molecule has 0 radical (unpaired) electrons. The van der Waals surface area contributed by atoms with E-state index in [1.165, 1.54) is 0 Å². The van der Waals surface area contributed by atoms with Crippen molar-refractivity contribution in [3.63, 3.8) is 0 Å². The Labute approximate surface area is 175 Å². The van der Waals surface area contributed by atoms with Gasteiger partial charge in [0.25, 0.3) is 0 Å². The number of nitrogens with one attached hydrogen (secondary N) is 1. The van der Waals surface area contributed by atoms with Crippen LogP contribution in [0.1, 0.15) is 44.2 Å². The Bertz CT molecular complexity index is 917. The first-order valence-corrected chi connectivity index (χ1v) is 9.72. The Morgan fingerprint density at radius 3 is 2.03 bits per heavy atom. The molecule has 7 heteroatoms. The third kappa shape index (κ3) is 4.97. The van der Waals surface area contributed by atoms with Gasteiger partial charge in [-0.05, 0) is 43.0 Å². The van der Waals surface area contributed by atoms with Crippen LogP contribution in [0.15, 0.2) is 48.5 Å². The van der Waals surface area contributed by atoms with Gasteiger partial charge < -0.3 is 19.9 Å². The maximum atomic E-state index is 12.3. The molecule has 1 atom stereocenters. The summed E-state index contributed by atoms with van der Waals surface area (Å²) in [7, 11) is 0. The Hall–Kier alpha value is -3.35. The summed E-state index contributed by atoms with van der Waals surface area (Å²) in [4.78, 5) is 35.6. The second-order valence-corrected chi connectivity index (χ2v) is 8.15. The predicted molar refractivity (Wildman–Crippen MR) is 110 cm³/mol. The minimum Gasteiger partial charge on any atom is -0.480 e. The van der Waals surface area contributed by atoms with Gasteiger partial charge in [0.05, 0.1) is 6.42 Å². The topological polar surface area (TPSA) is 102 Å². The van der Waals surface area contributed by atoms with Crippen LogP contribution in [0.5, 0.6) is 0 Å². The fourth-order valence-electron chi connectivity index (χ4n) is 3.53. The van der Waals surface area contributed by atoms with Crippen LogP contribution in [0.4, 0.5) is 4.79 Å². The number of carbonyl (C=O) groups is 3. The molecule has 158 valence electrons. The summed E-state index contributed by atoms with van der Waals surface area (Å²) in [6.07, 6.45) is -1.38. The molecular weight excluding hydrogens is 391 g/mol. The van der Waals surface area contributed by atoms with E-state index in [2.05, 4.69) is 5.32 Å². The fraction of sp³-hybridized carbons (Fsp3) is 0.348. The highest BCUT2D eigenvalue weighted by Gasteiger charge is 2.30. The lowest BCUT2D eigenvalue weighted by Crippen LogP contribution is -2.43. The molecule has 0 saturated carbocycles. The summed E-state index contributed by atoms with van der Waals surface area (Å²) in [6, 6.07) is 14.4. The van der Waals surface area contributed by atoms with Gasteiger partial charge >= 0.3 is 18.0 Å². The SMILES string of the molecule is CC(C)(C)O[13C](=O)[13CH2][13CH]([15NH]C(=O)OCC1c2ccccc2-c2ccccc21)[13C](=O)O. The van der Waals surface area contributed by atoms with Crippen LogP contribution in [-0.4, -0.2) is 41.4 Å². The summed E-state index contributed by atoms with van der Waals surface area (Å²) in [5.41, 5.74) is 3.54. The number of amides is 1. The van der Waals surface area contributed by atoms with E-state index in [4.69, 9.17) is 9.47 Å². The Kier molecular flexibility index (Phi) is 6.10. The maximum Gasteiger partial charge on any atom is 0.407 e. The number of hydrogen-bond acceptors (Lipinski definition) is 5. The van der Waals surface area contributed by atoms with Crippen LogP contribution in [0, 0.1) is 0 Å². The molecule has 1 aliphatic rings. The summed E-state index contributed by atoms with van der Waals surface area (Å²) in [5, 5.41) is 11.6. The summed E-state index contributed by atoms with van der Waals surface area (Å²) in [6.45, 7) is 5.09. The van der Waals surface area contributed by atoms with Crippen LogP contribution >= 0.6 is 0 Å². The first-order valence-electron chi connectivity index (χ1n) is 9.72. The van der Waals surface area contributed by atoms with Gasteiger partial charge in [-0.3, -0.25) is 4.79 Å². The smallest absolute Gasteiger partial charge is 0.407 e. The minimum absolute atomic E-state index is 0.0542. The number of benzene rings is 2. The Morgan fingerprint density at radius 1 is 1.00 bits per heavy atom. The highest BCUT2D eigenvalue weighted by atomic mass is 16.6. The van der Waals surface area contributed by atoms with Gasteiger partial charge in [-0.2, -0.15) is 0 Å². The third-order valence-electron chi connectivity index (χ3n) is 4.72. The number of ether oxygens (including phenoxy) is 2. The lowest BCUT2D eigenvalue weighted by molar-refractivity contribution is -0.158. The molecule has 0 heterocycles. The number of carbonyl (C=O) groups excluding carboxylic acids is 2. The van der Waals surface area contributed by atoms with Gasteiger partial charge in [-0.15, -0.1) is 0 Å². The van der Waals surface area contributed by atoms with Gasteiger partial charge in [0.1, 0.15) is 18.2 Å². The van der Waals surface area contributed by atoms with Crippen LogP contribution < -0.4 is 5.32 Å². The van der Waals surface area contributed by atoms with Crippen molar-refractivity contribution < 1.29 is 29.0 Å². The first-order chi connectivity index (χ1) is 14.2. The molecule has 7 nitrogen and oxygen atoms in total. The number of hydrogen-bond donors (Lipinski definition) is 2. The lowest BCUT2D eigenvalue weighted by Gasteiger charge is -2.21. The number of carboxylic acid groups (broad SMARTS) is 1. The summed E-state index contributed by atoms with van der Waals surface area (Å²) < 4.78 is 10.5. The van der Waals surface area contributed by atoms with Gasteiger partial charge in [-0.1, -0.05) is 48.5 Å². The zero-order valence-corrected chi connectivity index (χ0v) is 17.2. The molecule has 2 aromatic carbocycles. The minimum atomic E-state index is -1.43. The molecule has 2 N–H and O–H groups in total. The van der Waals surface area contributed by atoms with Crippen molar-refractivity contribution >= 4 is 18.0 Å². The van der Waals surface area contributed by atoms with E-state index >= 15 is 0 Å². The number of rotatable bonds is 6. The van der Waals surface area contributed by atoms with E-state index in [0.29, 0.717) is 0 Å². The zero-order valence-electron chi connectivity index (χ0n) is 17.2. The molecular formula is C23H25NO6. The molecule has 1 unspecified atom stereocenters. The molecule has 0 spiro atoms. The van der Waals surface area contributed by atoms with Crippen LogP contribution in [0.3, 0.4) is 0 Å². The van der Waals surface area contributed by atoms with Crippen molar-refractivity contribution in [2.75, 3.05) is 6.61 Å². The van der Waals surface area contributed by atoms with E-state index in [0.717, 1.165) is 22.3 Å². The van der Waals surface area contributed by atoms with Crippen molar-refractivity contribution in [3.8, 4) is 11.1 Å². The zero-order chi connectivity index (χ0) is 21.9. The number of alkyl carbamates (subject to hydrolysis) is 1. The molecule has 1 amide bonds. The molecule has 0 fully saturated rings. The van der Waals surface area contributed by atoms with Gasteiger partial charge in [0, 0.05) is 5.92 Å². The van der Waals surface area contributed by atoms with E-state index in [-0.39, 0.29) is 12.5 Å². The largest absolute Gasteiger partial charge is 0.480 e. The molecule has 0 saturated heterocycles. The quantitative estimate of drug-likeness (QED) is 0.423. The average Bonchev–Trinajstić information content (AvgIpc) is 2.98. The fourth-order valence-corrected chi connectivity index (χ4v) is 3.53. The second-order valence-electron chi connectivity index (χ2n) is 8.15. The number of carboxylic acids is 1. The molecule has 2 aromatic rings. The normalized spacial score (nSPS) is 13.7. The van der Waals surface area contributed by atoms with Crippen molar-refractivity contribution in [2.24, 2.45) is 0 Å².